The number of fused-ring (bicyclic) bond motifs is 5. The molecule has 2 radical (unpaired) electrons. The van der Waals surface area contributed by atoms with Gasteiger partial charge < -0.3 is 25.2 Å². The van der Waals surface area contributed by atoms with Gasteiger partial charge in [0.2, 0.25) is 0 Å². The first-order valence-electron chi connectivity index (χ1n) is 7.98. The van der Waals surface area contributed by atoms with Crippen molar-refractivity contribution in [3.63, 3.8) is 0 Å². The predicted molar refractivity (Wildman–Crippen MR) is 138 cm³/mol. The van der Waals surface area contributed by atoms with Gasteiger partial charge in [0.1, 0.15) is 0 Å². The SMILES string of the molecule is CC(C)(C)[NH-].Cl.Cl.Cn1c2ccc(Br)cc2c2[cH-]c3ccccc3c21.[CH3-].[CH3-].[Si]=[Zr]. The summed E-state index contributed by atoms with van der Waals surface area (Å²) in [6.07, 6.45) is 0. The topological polar surface area (TPSA) is 28.7 Å². The molecule has 4 aromatic rings. The van der Waals surface area contributed by atoms with E-state index in [1.165, 1.54) is 55.9 Å². The van der Waals surface area contributed by atoms with Crippen LogP contribution in [-0.2, 0) is 30.4 Å². The van der Waals surface area contributed by atoms with Crippen molar-refractivity contribution in [2.75, 3.05) is 0 Å². The first-order chi connectivity index (χ1) is 11.8. The van der Waals surface area contributed by atoms with E-state index in [9.17, 15) is 0 Å². The van der Waals surface area contributed by atoms with Crippen LogP contribution in [0.15, 0.2) is 53.0 Å². The Kier molecular flexibility index (Phi) is 16.4. The number of hydrogen-bond acceptors (Lipinski definition) is 0. The summed E-state index contributed by atoms with van der Waals surface area (Å²) in [4.78, 5) is 0. The Labute approximate surface area is 213 Å². The fourth-order valence-electron chi connectivity index (χ4n) is 2.91. The van der Waals surface area contributed by atoms with Gasteiger partial charge in [-0.25, -0.2) is 0 Å². The second-order valence-corrected chi connectivity index (χ2v) is 7.88. The molecule has 3 aromatic carbocycles. The van der Waals surface area contributed by atoms with E-state index in [1.807, 2.05) is 20.8 Å². The van der Waals surface area contributed by atoms with Crippen molar-refractivity contribution in [3.8, 4) is 0 Å². The van der Waals surface area contributed by atoms with Crippen LogP contribution in [0, 0.1) is 14.9 Å². The molecule has 0 aliphatic heterocycles. The summed E-state index contributed by atoms with van der Waals surface area (Å²) in [7, 11) is 2.14. The van der Waals surface area contributed by atoms with Gasteiger partial charge >= 0.3 is 30.2 Å². The number of halogens is 3. The maximum atomic E-state index is 6.94. The minimum absolute atomic E-state index is 0. The molecule has 0 aliphatic carbocycles. The molecule has 4 rings (SSSR count). The van der Waals surface area contributed by atoms with Crippen molar-refractivity contribution in [1.29, 1.82) is 0 Å². The Morgan fingerprint density at radius 1 is 1.00 bits per heavy atom. The standard InChI is InChI=1S/C16H11BrN.C4H10N.2CH3.2ClH.Si.Zr/c1-18-15-7-6-11(17)9-13(15)14-8-10-4-2-3-5-12(10)16(14)18;1-4(2,3)5;;;;;;/h2-9H,1H3;5H,1-3H3;2*1H3;2*1H;;/q4*-1;;;;. The van der Waals surface area contributed by atoms with Crippen molar-refractivity contribution >= 4 is 80.2 Å². The van der Waals surface area contributed by atoms with Gasteiger partial charge in [-0.2, -0.15) is 0 Å². The van der Waals surface area contributed by atoms with E-state index in [4.69, 9.17) is 5.73 Å². The summed E-state index contributed by atoms with van der Waals surface area (Å²) in [5.74, 6) is 0. The van der Waals surface area contributed by atoms with Crippen molar-refractivity contribution in [2.45, 2.75) is 26.3 Å². The molecule has 29 heavy (non-hydrogen) atoms. The summed E-state index contributed by atoms with van der Waals surface area (Å²) < 4.78 is 3.42. The molecule has 7 heteroatoms. The van der Waals surface area contributed by atoms with E-state index in [2.05, 4.69) is 83.0 Å². The minimum atomic E-state index is -0.250. The van der Waals surface area contributed by atoms with Gasteiger partial charge in [0.05, 0.1) is 0 Å². The summed E-state index contributed by atoms with van der Waals surface area (Å²) in [6, 6.07) is 17.4. The molecule has 0 amide bonds. The van der Waals surface area contributed by atoms with Crippen molar-refractivity contribution in [3.05, 3.63) is 73.6 Å². The number of aromatic nitrogens is 1. The van der Waals surface area contributed by atoms with E-state index in [-0.39, 0.29) is 45.2 Å². The van der Waals surface area contributed by atoms with Crippen LogP contribution in [0.2, 0.25) is 0 Å². The predicted octanol–water partition coefficient (Wildman–Crippen LogP) is 8.16. The Bertz CT molecular complexity index is 1020. The average molecular weight is 592 g/mol. The van der Waals surface area contributed by atoms with Crippen LogP contribution in [0.1, 0.15) is 20.8 Å². The molecule has 0 saturated heterocycles. The molecule has 0 saturated carbocycles. The Balaban J connectivity index is -0.000000549. The quantitative estimate of drug-likeness (QED) is 0.146. The van der Waals surface area contributed by atoms with Gasteiger partial charge in [0.25, 0.3) is 0 Å². The fraction of sp³-hybridized carbons (Fsp3) is 0.227. The van der Waals surface area contributed by atoms with Crippen LogP contribution < -0.4 is 0 Å². The molecule has 0 aliphatic rings. The third-order valence-corrected chi connectivity index (χ3v) is 4.21. The molecule has 2 nitrogen and oxygen atoms in total. The van der Waals surface area contributed by atoms with Crippen molar-refractivity contribution in [1.82, 2.24) is 4.57 Å². The number of rotatable bonds is 0. The fourth-order valence-corrected chi connectivity index (χ4v) is 3.27. The second-order valence-electron chi connectivity index (χ2n) is 6.96. The van der Waals surface area contributed by atoms with E-state index in [0.29, 0.717) is 0 Å². The summed E-state index contributed by atoms with van der Waals surface area (Å²) in [6.45, 7) is 8.62. The molecule has 0 unspecified atom stereocenters. The molecular weight excluding hydrogens is 562 g/mol. The van der Waals surface area contributed by atoms with Crippen LogP contribution in [-0.4, -0.2) is 17.0 Å². The maximum absolute atomic E-state index is 6.94. The Hall–Kier alpha value is -0.0300. The van der Waals surface area contributed by atoms with E-state index >= 15 is 0 Å². The first kappa shape index (κ1) is 33.6. The zero-order chi connectivity index (χ0) is 18.8. The van der Waals surface area contributed by atoms with Gasteiger partial charge in [0, 0.05) is 17.0 Å². The summed E-state index contributed by atoms with van der Waals surface area (Å²) in [5, 5.41) is 5.32. The molecule has 0 atom stereocenters. The molecule has 0 spiro atoms. The molecule has 160 valence electrons. The van der Waals surface area contributed by atoms with Gasteiger partial charge in [-0.3, -0.25) is 0 Å². The number of nitrogens with zero attached hydrogens (tertiary/aromatic N) is 1. The third kappa shape index (κ3) is 8.20. The van der Waals surface area contributed by atoms with Gasteiger partial charge in [-0.05, 0) is 17.6 Å². The van der Waals surface area contributed by atoms with Crippen LogP contribution in [0.3, 0.4) is 0 Å². The molecule has 0 bridgehead atoms. The zero-order valence-corrected chi connectivity index (χ0v) is 24.4. The van der Waals surface area contributed by atoms with Crippen molar-refractivity contribution < 1.29 is 23.3 Å². The normalized spacial score (nSPS) is 9.55. The Morgan fingerprint density at radius 2 is 1.52 bits per heavy atom. The third-order valence-electron chi connectivity index (χ3n) is 3.72. The Morgan fingerprint density at radius 3 is 2.07 bits per heavy atom. The van der Waals surface area contributed by atoms with Crippen molar-refractivity contribution in [2.24, 2.45) is 7.05 Å². The van der Waals surface area contributed by atoms with Crippen LogP contribution in [0.4, 0.5) is 0 Å². The number of nitrogens with one attached hydrogen (secondary N) is 1. The molecule has 1 N–H and O–H groups in total. The average Bonchev–Trinajstić information content (AvgIpc) is 3.04. The van der Waals surface area contributed by atoms with Gasteiger partial charge in [-0.1, -0.05) is 77.1 Å². The summed E-state index contributed by atoms with van der Waals surface area (Å²) in [5.41, 5.74) is 9.31. The van der Waals surface area contributed by atoms with Gasteiger partial charge in [-0.15, -0.1) is 47.9 Å². The van der Waals surface area contributed by atoms with Gasteiger partial charge in [0.15, 0.2) is 0 Å². The monoisotopic (exact) mass is 588 g/mol. The molecule has 1 aromatic heterocycles. The number of hydrogen-bond donors (Lipinski definition) is 0. The number of aryl methyl sites for hydroxylation is 1. The van der Waals surface area contributed by atoms with E-state index in [1.54, 1.807) is 0 Å². The van der Waals surface area contributed by atoms with Crippen LogP contribution in [0.5, 0.6) is 0 Å². The van der Waals surface area contributed by atoms with E-state index < -0.39 is 0 Å². The molecule has 0 fully saturated rings. The van der Waals surface area contributed by atoms with Crippen LogP contribution in [0.25, 0.3) is 38.3 Å². The first-order valence-corrected chi connectivity index (χ1v) is 13.0. The summed E-state index contributed by atoms with van der Waals surface area (Å²) >= 11 is 4.92. The zero-order valence-electron chi connectivity index (χ0n) is 17.8. The molecule has 1 heterocycles. The molecular formula is C22H29BrCl2N2SiZr-4. The van der Waals surface area contributed by atoms with Crippen LogP contribution >= 0.6 is 40.7 Å². The van der Waals surface area contributed by atoms with E-state index in [0.717, 1.165) is 4.47 Å². The number of benzene rings is 2. The second kappa shape index (κ2) is 14.1.